The van der Waals surface area contributed by atoms with Gasteiger partial charge in [0.2, 0.25) is 5.44 Å². The molecule has 0 bridgehead atoms. The van der Waals surface area contributed by atoms with Crippen LogP contribution in [0, 0.1) is 0 Å². The minimum Gasteiger partial charge on any atom is -0.387 e. The Bertz CT molecular complexity index is 1360. The number of ether oxygens (including phenoxy) is 2. The van der Waals surface area contributed by atoms with Crippen molar-refractivity contribution in [3.05, 3.63) is 89.0 Å². The minimum atomic E-state index is -1.68. The number of hydrogen-bond donors (Lipinski definition) is 2. The highest BCUT2D eigenvalue weighted by Crippen LogP contribution is 2.41. The van der Waals surface area contributed by atoms with Crippen LogP contribution in [0.25, 0.3) is 0 Å². The van der Waals surface area contributed by atoms with Gasteiger partial charge in [-0.1, -0.05) is 48.5 Å². The highest BCUT2D eigenvalue weighted by molar-refractivity contribution is 7.98. The van der Waals surface area contributed by atoms with E-state index in [2.05, 4.69) is 55.0 Å². The molecule has 4 rings (SSSR count). The van der Waals surface area contributed by atoms with Crippen molar-refractivity contribution in [1.82, 2.24) is 14.5 Å². The van der Waals surface area contributed by atoms with Gasteiger partial charge in [-0.05, 0) is 45.9 Å². The van der Waals surface area contributed by atoms with Gasteiger partial charge in [0.25, 0.3) is 0 Å². The van der Waals surface area contributed by atoms with Crippen LogP contribution in [0.3, 0.4) is 0 Å². The summed E-state index contributed by atoms with van der Waals surface area (Å²) in [6.07, 6.45) is 0.945. The summed E-state index contributed by atoms with van der Waals surface area (Å²) in [4.78, 5) is 23.9. The lowest BCUT2D eigenvalue weighted by Crippen LogP contribution is -2.61. The van der Waals surface area contributed by atoms with Gasteiger partial charge in [-0.25, -0.2) is 9.79 Å². The molecule has 0 radical (unpaired) electrons. The predicted molar refractivity (Wildman–Crippen MR) is 163 cm³/mol. The molecule has 10 heteroatoms. The first kappa shape index (κ1) is 30.9. The van der Waals surface area contributed by atoms with Crippen molar-refractivity contribution < 1.29 is 19.7 Å². The molecule has 220 valence electrons. The van der Waals surface area contributed by atoms with Crippen LogP contribution in [-0.2, 0) is 20.4 Å². The molecule has 1 aliphatic rings. The molecular weight excluding hydrogens is 540 g/mol. The van der Waals surface area contributed by atoms with Crippen LogP contribution in [0.4, 0.5) is 5.82 Å². The highest BCUT2D eigenvalue weighted by atomic mass is 32.2. The molecule has 1 aromatic heterocycles. The largest absolute Gasteiger partial charge is 0.387 e. The van der Waals surface area contributed by atoms with E-state index < -0.39 is 29.5 Å². The lowest BCUT2D eigenvalue weighted by atomic mass is 9.85. The molecule has 0 saturated carbocycles. The number of rotatable bonds is 9. The van der Waals surface area contributed by atoms with Gasteiger partial charge in [-0.15, -0.1) is 0 Å². The van der Waals surface area contributed by atoms with Crippen LogP contribution in [0.15, 0.2) is 87.6 Å². The Balaban J connectivity index is 1.56. The summed E-state index contributed by atoms with van der Waals surface area (Å²) in [6.45, 7) is 8.17. The molecule has 1 fully saturated rings. The maximum absolute atomic E-state index is 12.8. The van der Waals surface area contributed by atoms with Crippen molar-refractivity contribution in [3.63, 3.8) is 0 Å². The summed E-state index contributed by atoms with van der Waals surface area (Å²) in [5, 5.41) is 22.8. The summed E-state index contributed by atoms with van der Waals surface area (Å²) >= 11 is 0. The number of nitrogens with zero attached hydrogens (tertiary/aromatic N) is 4. The topological polar surface area (TPSA) is 109 Å². The fourth-order valence-electron chi connectivity index (χ4n) is 4.89. The van der Waals surface area contributed by atoms with Crippen LogP contribution >= 0.6 is 0 Å². The normalized spacial score (nSPS) is 24.7. The lowest BCUT2D eigenvalue weighted by Gasteiger charge is -2.45. The van der Waals surface area contributed by atoms with Crippen LogP contribution in [0.1, 0.15) is 44.7 Å². The number of aliphatic imine (C=N–C) groups is 1. The van der Waals surface area contributed by atoms with Gasteiger partial charge in [0.1, 0.15) is 22.6 Å². The van der Waals surface area contributed by atoms with Crippen molar-refractivity contribution in [2.24, 2.45) is 4.99 Å². The van der Waals surface area contributed by atoms with E-state index in [4.69, 9.17) is 9.47 Å². The van der Waals surface area contributed by atoms with E-state index in [0.717, 1.165) is 5.56 Å². The molecule has 2 heterocycles. The second-order valence-electron chi connectivity index (χ2n) is 11.6. The van der Waals surface area contributed by atoms with Crippen LogP contribution in [0.2, 0.25) is 0 Å². The summed E-state index contributed by atoms with van der Waals surface area (Å²) in [5.41, 5.74) is -1.55. The average molecular weight is 582 g/mol. The van der Waals surface area contributed by atoms with Gasteiger partial charge in [-0.3, -0.25) is 4.57 Å². The third-order valence-electron chi connectivity index (χ3n) is 7.02. The first-order valence-electron chi connectivity index (χ1n) is 13.7. The highest BCUT2D eigenvalue weighted by Gasteiger charge is 2.51. The molecule has 3 aromatic rings. The Kier molecular flexibility index (Phi) is 9.71. The fraction of sp³-hybridized carbons (Fsp3) is 0.452. The fourth-order valence-corrected chi connectivity index (χ4v) is 7.59. The van der Waals surface area contributed by atoms with E-state index in [0.29, 0.717) is 0 Å². The van der Waals surface area contributed by atoms with E-state index in [9.17, 15) is 15.0 Å². The number of aliphatic hydroxyl groups is 2. The third-order valence-corrected chi connectivity index (χ3v) is 9.96. The Labute approximate surface area is 244 Å². The zero-order valence-electron chi connectivity index (χ0n) is 24.5. The molecule has 9 nitrogen and oxygen atoms in total. The van der Waals surface area contributed by atoms with Crippen molar-refractivity contribution in [3.8, 4) is 0 Å². The molecule has 0 aliphatic carbocycles. The average Bonchev–Trinajstić information content (AvgIpc) is 2.92. The van der Waals surface area contributed by atoms with Gasteiger partial charge in [0.05, 0.1) is 36.5 Å². The summed E-state index contributed by atoms with van der Waals surface area (Å²) in [5.74, 6) is 0.253. The van der Waals surface area contributed by atoms with Crippen LogP contribution in [0.5, 0.6) is 0 Å². The van der Waals surface area contributed by atoms with Crippen molar-refractivity contribution in [1.29, 1.82) is 0 Å². The standard InChI is InChI=1S/C31H41N4O5S/c1-30(2,3)41(23-15-11-8-12-16-23)28(22-13-9-7-10-14-22)40-19-24-27(36)31(4,38)25(20-39-24)35-18-17-26(33-29(35)37)32-21-34(5)6/h7-18,21,24-25,27-28,36,38H,19-20H2,1-6H3/q+1/t24-,25?,27?,28?,31?,41?/m1/s1. The van der Waals surface area contributed by atoms with Gasteiger partial charge in [0.15, 0.2) is 10.7 Å². The number of aromatic nitrogens is 2. The maximum atomic E-state index is 12.8. The lowest BCUT2D eigenvalue weighted by molar-refractivity contribution is -0.220. The second-order valence-corrected chi connectivity index (χ2v) is 14.4. The third kappa shape index (κ3) is 7.25. The number of hydrogen-bond acceptors (Lipinski definition) is 7. The molecule has 2 N–H and O–H groups in total. The van der Waals surface area contributed by atoms with E-state index in [1.54, 1.807) is 17.3 Å². The maximum Gasteiger partial charge on any atom is 0.350 e. The first-order chi connectivity index (χ1) is 19.4. The van der Waals surface area contributed by atoms with Gasteiger partial charge >= 0.3 is 5.69 Å². The van der Waals surface area contributed by atoms with E-state index in [1.165, 1.54) is 22.6 Å². The van der Waals surface area contributed by atoms with E-state index >= 15 is 0 Å². The monoisotopic (exact) mass is 581 g/mol. The number of aliphatic hydroxyl groups excluding tert-OH is 1. The van der Waals surface area contributed by atoms with Crippen molar-refractivity contribution in [2.75, 3.05) is 27.3 Å². The van der Waals surface area contributed by atoms with E-state index in [-0.39, 0.29) is 40.1 Å². The molecule has 1 saturated heterocycles. The second kappa shape index (κ2) is 12.9. The van der Waals surface area contributed by atoms with Crippen LogP contribution < -0.4 is 5.69 Å². The Morgan fingerprint density at radius 3 is 2.39 bits per heavy atom. The molecule has 41 heavy (non-hydrogen) atoms. The zero-order chi connectivity index (χ0) is 29.8. The van der Waals surface area contributed by atoms with Crippen LogP contribution in [-0.4, -0.2) is 80.9 Å². The summed E-state index contributed by atoms with van der Waals surface area (Å²) in [6, 6.07) is 21.1. The predicted octanol–water partition coefficient (Wildman–Crippen LogP) is 3.71. The van der Waals surface area contributed by atoms with Gasteiger partial charge < -0.3 is 24.6 Å². The number of benzene rings is 2. The Morgan fingerprint density at radius 2 is 1.80 bits per heavy atom. The van der Waals surface area contributed by atoms with E-state index in [1.807, 2.05) is 50.5 Å². The quantitative estimate of drug-likeness (QED) is 0.225. The SMILES string of the molecule is CN(C)C=Nc1ccn(C2CO[C@H](COC(c3ccccc3)[S+](c3ccccc3)C(C)(C)C)C(O)C2(C)O)c(=O)n1. The summed E-state index contributed by atoms with van der Waals surface area (Å²) < 4.78 is 13.8. The molecule has 6 atom stereocenters. The Morgan fingerprint density at radius 1 is 1.17 bits per heavy atom. The van der Waals surface area contributed by atoms with Gasteiger partial charge in [-0.2, -0.15) is 4.98 Å². The zero-order valence-corrected chi connectivity index (χ0v) is 25.4. The smallest absolute Gasteiger partial charge is 0.350 e. The minimum absolute atomic E-state index is 0.000338. The molecule has 5 unspecified atom stereocenters. The first-order valence-corrected chi connectivity index (χ1v) is 14.9. The molecule has 2 aromatic carbocycles. The summed E-state index contributed by atoms with van der Waals surface area (Å²) in [7, 11) is 3.27. The molecule has 1 aliphatic heterocycles. The molecular formula is C31H41N4O5S+. The Hall–Kier alpha value is -3.02. The van der Waals surface area contributed by atoms with Crippen molar-refractivity contribution >= 4 is 23.1 Å². The van der Waals surface area contributed by atoms with Gasteiger partial charge in [0, 0.05) is 25.9 Å². The molecule has 0 amide bonds. The molecule has 0 spiro atoms. The van der Waals surface area contributed by atoms with Crippen molar-refractivity contribution in [2.45, 2.75) is 66.6 Å².